The second-order valence-electron chi connectivity index (χ2n) is 8.46. The van der Waals surface area contributed by atoms with Crippen LogP contribution < -0.4 is 20.1 Å². The minimum absolute atomic E-state index is 0.188. The topological polar surface area (TPSA) is 102 Å². The number of carbonyl (C=O) groups excluding carboxylic acids is 3. The average Bonchev–Trinajstić information content (AvgIpc) is 3.44. The first-order chi connectivity index (χ1) is 15.9. The van der Waals surface area contributed by atoms with Crippen LogP contribution in [0.15, 0.2) is 48.5 Å². The highest BCUT2D eigenvalue weighted by Gasteiger charge is 2.45. The van der Waals surface area contributed by atoms with Gasteiger partial charge < -0.3 is 29.6 Å². The number of hydrogen-bond donors (Lipinski definition) is 2. The fraction of sp³-hybridized carbons (Fsp3) is 0.292. The summed E-state index contributed by atoms with van der Waals surface area (Å²) in [4.78, 5) is 39.9. The molecule has 3 aromatic rings. The summed E-state index contributed by atoms with van der Waals surface area (Å²) in [6.07, 6.45) is 0. The van der Waals surface area contributed by atoms with E-state index in [0.29, 0.717) is 30.3 Å². The highest BCUT2D eigenvalue weighted by atomic mass is 16.7. The summed E-state index contributed by atoms with van der Waals surface area (Å²) in [5.74, 6) is 0.365. The Kier molecular flexibility index (Phi) is 4.96. The fourth-order valence-electron chi connectivity index (χ4n) is 4.26. The Morgan fingerprint density at radius 3 is 2.70 bits per heavy atom. The average molecular weight is 448 g/mol. The lowest BCUT2D eigenvalue weighted by molar-refractivity contribution is -0.134. The van der Waals surface area contributed by atoms with Crippen molar-refractivity contribution in [3.8, 4) is 11.5 Å². The molecule has 9 nitrogen and oxygen atoms in total. The van der Waals surface area contributed by atoms with Crippen LogP contribution in [-0.4, -0.2) is 53.1 Å². The number of benzene rings is 2. The first kappa shape index (κ1) is 20.9. The Labute approximate surface area is 190 Å². The minimum Gasteiger partial charge on any atom is -0.454 e. The zero-order valence-electron chi connectivity index (χ0n) is 18.4. The second-order valence-corrected chi connectivity index (χ2v) is 8.46. The molecular formula is C24H24N4O5. The molecule has 170 valence electrons. The maximum absolute atomic E-state index is 13.1. The monoisotopic (exact) mass is 448 g/mol. The SMILES string of the molecule is CN1C(=O)c2cc3ccccc3n2C[C@]1(C)C(=O)NCC(=O)NCc1ccc2c(c1)OCO2. The van der Waals surface area contributed by atoms with Gasteiger partial charge in [0, 0.05) is 24.5 Å². The van der Waals surface area contributed by atoms with Gasteiger partial charge in [-0.1, -0.05) is 24.3 Å². The molecule has 2 aliphatic rings. The third-order valence-corrected chi connectivity index (χ3v) is 6.37. The molecule has 0 saturated heterocycles. The molecule has 2 N–H and O–H groups in total. The molecule has 2 aliphatic heterocycles. The molecule has 0 spiro atoms. The zero-order valence-corrected chi connectivity index (χ0v) is 18.4. The summed E-state index contributed by atoms with van der Waals surface area (Å²) in [5.41, 5.74) is 1.17. The van der Waals surface area contributed by atoms with Crippen molar-refractivity contribution in [2.75, 3.05) is 20.4 Å². The molecule has 33 heavy (non-hydrogen) atoms. The van der Waals surface area contributed by atoms with Gasteiger partial charge in [-0.05, 0) is 36.8 Å². The molecule has 0 bridgehead atoms. The van der Waals surface area contributed by atoms with Crippen LogP contribution in [0.1, 0.15) is 23.0 Å². The van der Waals surface area contributed by atoms with E-state index in [1.807, 2.05) is 47.0 Å². The van der Waals surface area contributed by atoms with E-state index in [2.05, 4.69) is 10.6 Å². The summed E-state index contributed by atoms with van der Waals surface area (Å²) < 4.78 is 12.5. The number of nitrogens with one attached hydrogen (secondary N) is 2. The summed E-state index contributed by atoms with van der Waals surface area (Å²) in [7, 11) is 1.61. The summed E-state index contributed by atoms with van der Waals surface area (Å²) in [6, 6.07) is 15.0. The molecule has 0 aliphatic carbocycles. The van der Waals surface area contributed by atoms with Crippen molar-refractivity contribution in [3.05, 3.63) is 59.8 Å². The number of likely N-dealkylation sites (N-methyl/N-ethyl adjacent to an activating group) is 1. The molecule has 0 radical (unpaired) electrons. The number of hydrogen-bond acceptors (Lipinski definition) is 5. The fourth-order valence-corrected chi connectivity index (χ4v) is 4.26. The number of nitrogens with zero attached hydrogens (tertiary/aromatic N) is 2. The molecule has 3 amide bonds. The van der Waals surface area contributed by atoms with Crippen LogP contribution in [-0.2, 0) is 22.7 Å². The molecule has 1 atom stereocenters. The summed E-state index contributed by atoms with van der Waals surface area (Å²) >= 11 is 0. The third kappa shape index (κ3) is 3.55. The van der Waals surface area contributed by atoms with Gasteiger partial charge in [-0.25, -0.2) is 0 Å². The molecule has 2 aromatic carbocycles. The normalized spacial score (nSPS) is 18.8. The molecule has 3 heterocycles. The number of aromatic nitrogens is 1. The van der Waals surface area contributed by atoms with Crippen molar-refractivity contribution < 1.29 is 23.9 Å². The number of fused-ring (bicyclic) bond motifs is 4. The van der Waals surface area contributed by atoms with E-state index in [-0.39, 0.29) is 31.1 Å². The van der Waals surface area contributed by atoms with Gasteiger partial charge in [0.1, 0.15) is 11.2 Å². The van der Waals surface area contributed by atoms with Gasteiger partial charge in [0.15, 0.2) is 11.5 Å². The molecule has 1 aromatic heterocycles. The quantitative estimate of drug-likeness (QED) is 0.618. The van der Waals surface area contributed by atoms with Crippen LogP contribution in [0.25, 0.3) is 10.9 Å². The van der Waals surface area contributed by atoms with Crippen LogP contribution in [0.3, 0.4) is 0 Å². The number of amides is 3. The maximum atomic E-state index is 13.1. The lowest BCUT2D eigenvalue weighted by Gasteiger charge is -2.41. The molecule has 9 heteroatoms. The van der Waals surface area contributed by atoms with Crippen LogP contribution in [0.2, 0.25) is 0 Å². The predicted octanol–water partition coefficient (Wildman–Crippen LogP) is 1.65. The van der Waals surface area contributed by atoms with Crippen molar-refractivity contribution in [2.45, 2.75) is 25.6 Å². The number of para-hydroxylation sites is 1. The van der Waals surface area contributed by atoms with Crippen LogP contribution >= 0.6 is 0 Å². The van der Waals surface area contributed by atoms with Gasteiger partial charge in [-0.15, -0.1) is 0 Å². The van der Waals surface area contributed by atoms with Crippen molar-refractivity contribution >= 4 is 28.6 Å². The summed E-state index contributed by atoms with van der Waals surface area (Å²) in [6.45, 7) is 2.29. The second kappa shape index (κ2) is 7.84. The van der Waals surface area contributed by atoms with Crippen molar-refractivity contribution in [1.29, 1.82) is 0 Å². The zero-order chi connectivity index (χ0) is 23.2. The van der Waals surface area contributed by atoms with Crippen LogP contribution in [0, 0.1) is 0 Å². The highest BCUT2D eigenvalue weighted by molar-refractivity contribution is 6.03. The van der Waals surface area contributed by atoms with Gasteiger partial charge >= 0.3 is 0 Å². The van der Waals surface area contributed by atoms with E-state index in [9.17, 15) is 14.4 Å². The summed E-state index contributed by atoms with van der Waals surface area (Å²) in [5, 5.41) is 6.42. The third-order valence-electron chi connectivity index (χ3n) is 6.37. The Morgan fingerprint density at radius 2 is 1.85 bits per heavy atom. The maximum Gasteiger partial charge on any atom is 0.271 e. The van der Waals surface area contributed by atoms with E-state index < -0.39 is 5.54 Å². The van der Waals surface area contributed by atoms with E-state index in [0.717, 1.165) is 16.5 Å². The van der Waals surface area contributed by atoms with Gasteiger partial charge in [0.05, 0.1) is 13.1 Å². The largest absolute Gasteiger partial charge is 0.454 e. The van der Waals surface area contributed by atoms with Gasteiger partial charge in [0.2, 0.25) is 18.6 Å². The predicted molar refractivity (Wildman–Crippen MR) is 120 cm³/mol. The Bertz CT molecular complexity index is 1280. The Balaban J connectivity index is 1.23. The van der Waals surface area contributed by atoms with Crippen molar-refractivity contribution in [2.24, 2.45) is 0 Å². The first-order valence-electron chi connectivity index (χ1n) is 10.7. The molecule has 5 rings (SSSR count). The van der Waals surface area contributed by atoms with Gasteiger partial charge in [0.25, 0.3) is 5.91 Å². The Morgan fingerprint density at radius 1 is 1.06 bits per heavy atom. The highest BCUT2D eigenvalue weighted by Crippen LogP contribution is 2.33. The minimum atomic E-state index is -1.14. The van der Waals surface area contributed by atoms with Gasteiger partial charge in [-0.3, -0.25) is 14.4 Å². The van der Waals surface area contributed by atoms with E-state index in [1.54, 1.807) is 20.0 Å². The molecular weight excluding hydrogens is 424 g/mol. The lowest BCUT2D eigenvalue weighted by atomic mass is 9.95. The molecule has 0 fully saturated rings. The standard InChI is InChI=1S/C24H24N4O5/c1-24(13-28-17-6-4-3-5-16(17)10-18(28)22(30)27(24)2)23(31)26-12-21(29)25-11-15-7-8-19-20(9-15)33-14-32-19/h3-10H,11-14H2,1-2H3,(H,25,29)(H,26,31)/t24-/m1/s1. The Hall–Kier alpha value is -4.01. The van der Waals surface area contributed by atoms with Crippen molar-refractivity contribution in [1.82, 2.24) is 20.1 Å². The van der Waals surface area contributed by atoms with E-state index in [1.165, 1.54) is 4.90 Å². The van der Waals surface area contributed by atoms with Crippen LogP contribution in [0.4, 0.5) is 0 Å². The molecule has 0 unspecified atom stereocenters. The number of rotatable bonds is 5. The smallest absolute Gasteiger partial charge is 0.271 e. The first-order valence-corrected chi connectivity index (χ1v) is 10.7. The lowest BCUT2D eigenvalue weighted by Crippen LogP contribution is -2.63. The van der Waals surface area contributed by atoms with Gasteiger partial charge in [-0.2, -0.15) is 0 Å². The molecule has 0 saturated carbocycles. The van der Waals surface area contributed by atoms with E-state index >= 15 is 0 Å². The number of ether oxygens (including phenoxy) is 2. The van der Waals surface area contributed by atoms with Crippen LogP contribution in [0.5, 0.6) is 11.5 Å². The number of carbonyl (C=O) groups is 3. The van der Waals surface area contributed by atoms with E-state index in [4.69, 9.17) is 9.47 Å². The van der Waals surface area contributed by atoms with Crippen molar-refractivity contribution in [3.63, 3.8) is 0 Å².